The molecule has 0 spiro atoms. The molecule has 7 heteroatoms. The third kappa shape index (κ3) is 6.13. The van der Waals surface area contributed by atoms with E-state index in [9.17, 15) is 13.2 Å². The largest absolute Gasteiger partial charge is 0.469 e. The second kappa shape index (κ2) is 10.0. The number of carbonyl (C=O) groups is 1. The maximum atomic E-state index is 13.0. The van der Waals surface area contributed by atoms with E-state index in [4.69, 9.17) is 4.74 Å². The Hall–Kier alpha value is -2.22. The van der Waals surface area contributed by atoms with Gasteiger partial charge in [-0.25, -0.2) is 8.42 Å². The fourth-order valence-electron chi connectivity index (χ4n) is 3.64. The summed E-state index contributed by atoms with van der Waals surface area (Å²) in [5, 5.41) is 0. The van der Waals surface area contributed by atoms with Gasteiger partial charge in [-0.15, -0.1) is 0 Å². The van der Waals surface area contributed by atoms with Gasteiger partial charge in [-0.05, 0) is 17.5 Å². The highest BCUT2D eigenvalue weighted by Gasteiger charge is 2.32. The lowest BCUT2D eigenvalue weighted by molar-refractivity contribution is -0.144. The molecule has 1 fully saturated rings. The first-order valence-electron chi connectivity index (χ1n) is 9.84. The highest BCUT2D eigenvalue weighted by Crippen LogP contribution is 2.17. The number of methoxy groups -OCH3 is 1. The number of hydrogen-bond acceptors (Lipinski definition) is 5. The molecule has 1 atom stereocenters. The summed E-state index contributed by atoms with van der Waals surface area (Å²) < 4.78 is 32.3. The molecular weight excluding hydrogens is 388 g/mol. The van der Waals surface area contributed by atoms with E-state index in [1.807, 2.05) is 48.5 Å². The minimum Gasteiger partial charge on any atom is -0.469 e. The van der Waals surface area contributed by atoms with Crippen molar-refractivity contribution in [3.05, 3.63) is 71.8 Å². The Balaban J connectivity index is 1.59. The monoisotopic (exact) mass is 416 g/mol. The van der Waals surface area contributed by atoms with E-state index in [0.29, 0.717) is 32.6 Å². The molecule has 0 amide bonds. The van der Waals surface area contributed by atoms with Crippen molar-refractivity contribution in [3.8, 4) is 0 Å². The summed E-state index contributed by atoms with van der Waals surface area (Å²) in [7, 11) is -2.25. The number of nitrogens with zero attached hydrogens (tertiary/aromatic N) is 2. The molecule has 2 aromatic carbocycles. The van der Waals surface area contributed by atoms with E-state index in [1.54, 1.807) is 0 Å². The van der Waals surface area contributed by atoms with Crippen LogP contribution in [-0.2, 0) is 32.5 Å². The zero-order chi connectivity index (χ0) is 20.7. The lowest BCUT2D eigenvalue weighted by Crippen LogP contribution is -2.49. The van der Waals surface area contributed by atoms with Gasteiger partial charge < -0.3 is 4.74 Å². The summed E-state index contributed by atoms with van der Waals surface area (Å²) in [6.45, 7) is 3.04. The van der Waals surface area contributed by atoms with Crippen molar-refractivity contribution in [1.29, 1.82) is 0 Å². The molecule has 2 aromatic rings. The smallest absolute Gasteiger partial charge is 0.310 e. The summed E-state index contributed by atoms with van der Waals surface area (Å²) in [4.78, 5) is 14.5. The Morgan fingerprint density at radius 2 is 1.48 bits per heavy atom. The first-order valence-corrected chi connectivity index (χ1v) is 11.4. The van der Waals surface area contributed by atoms with Gasteiger partial charge in [-0.3, -0.25) is 9.69 Å². The van der Waals surface area contributed by atoms with E-state index < -0.39 is 21.9 Å². The van der Waals surface area contributed by atoms with Crippen LogP contribution in [0.15, 0.2) is 60.7 Å². The van der Waals surface area contributed by atoms with Crippen molar-refractivity contribution >= 4 is 16.0 Å². The Kier molecular flexibility index (Phi) is 7.41. The zero-order valence-electron chi connectivity index (χ0n) is 16.7. The van der Waals surface area contributed by atoms with Crippen LogP contribution < -0.4 is 0 Å². The Bertz CT molecular complexity index is 880. The Labute approximate surface area is 173 Å². The van der Waals surface area contributed by atoms with Crippen LogP contribution in [0.2, 0.25) is 0 Å². The van der Waals surface area contributed by atoms with Crippen molar-refractivity contribution in [2.45, 2.75) is 13.0 Å². The fourth-order valence-corrected chi connectivity index (χ4v) is 5.34. The van der Waals surface area contributed by atoms with Crippen LogP contribution in [0.3, 0.4) is 0 Å². The molecule has 1 saturated heterocycles. The van der Waals surface area contributed by atoms with Crippen LogP contribution in [-0.4, -0.2) is 62.6 Å². The Morgan fingerprint density at radius 3 is 2.03 bits per heavy atom. The second-order valence-corrected chi connectivity index (χ2v) is 9.36. The molecular formula is C22H28N2O4S. The third-order valence-corrected chi connectivity index (χ3v) is 7.22. The normalized spacial score (nSPS) is 17.0. The van der Waals surface area contributed by atoms with Gasteiger partial charge in [0.15, 0.2) is 0 Å². The molecule has 6 nitrogen and oxygen atoms in total. The van der Waals surface area contributed by atoms with Crippen LogP contribution in [0.1, 0.15) is 11.1 Å². The molecule has 0 N–H and O–H groups in total. The summed E-state index contributed by atoms with van der Waals surface area (Å²) in [5.74, 6) is -1.43. The average Bonchev–Trinajstić information content (AvgIpc) is 2.74. The van der Waals surface area contributed by atoms with Gasteiger partial charge in [-0.2, -0.15) is 4.31 Å². The van der Waals surface area contributed by atoms with Gasteiger partial charge in [0, 0.05) is 32.7 Å². The van der Waals surface area contributed by atoms with Gasteiger partial charge in [0.1, 0.15) is 0 Å². The van der Waals surface area contributed by atoms with E-state index in [0.717, 1.165) is 12.1 Å². The number of esters is 1. The third-order valence-electron chi connectivity index (χ3n) is 5.24. The van der Waals surface area contributed by atoms with Gasteiger partial charge in [0.05, 0.1) is 18.8 Å². The van der Waals surface area contributed by atoms with Crippen LogP contribution in [0.5, 0.6) is 0 Å². The highest BCUT2D eigenvalue weighted by molar-refractivity contribution is 7.89. The number of benzene rings is 2. The van der Waals surface area contributed by atoms with Crippen molar-refractivity contribution in [2.75, 3.05) is 39.0 Å². The second-order valence-electron chi connectivity index (χ2n) is 7.35. The van der Waals surface area contributed by atoms with Gasteiger partial charge >= 0.3 is 5.97 Å². The van der Waals surface area contributed by atoms with E-state index in [2.05, 4.69) is 17.0 Å². The summed E-state index contributed by atoms with van der Waals surface area (Å²) in [6.07, 6.45) is 0.348. The predicted molar refractivity (Wildman–Crippen MR) is 113 cm³/mol. The molecule has 1 aliphatic rings. The maximum Gasteiger partial charge on any atom is 0.310 e. The topological polar surface area (TPSA) is 66.9 Å². The number of piperazine rings is 1. The van der Waals surface area contributed by atoms with E-state index >= 15 is 0 Å². The molecule has 1 heterocycles. The summed E-state index contributed by atoms with van der Waals surface area (Å²) in [5.41, 5.74) is 2.14. The number of hydrogen-bond donors (Lipinski definition) is 0. The molecule has 0 bridgehead atoms. The fraction of sp³-hybridized carbons (Fsp3) is 0.409. The highest BCUT2D eigenvalue weighted by atomic mass is 32.2. The molecule has 0 aromatic heterocycles. The number of rotatable bonds is 8. The lowest BCUT2D eigenvalue weighted by atomic mass is 10.0. The van der Waals surface area contributed by atoms with Crippen molar-refractivity contribution in [3.63, 3.8) is 0 Å². The minimum absolute atomic E-state index is 0.229. The molecule has 0 radical (unpaired) electrons. The van der Waals surface area contributed by atoms with E-state index in [1.165, 1.54) is 17.0 Å². The lowest BCUT2D eigenvalue weighted by Gasteiger charge is -2.34. The molecule has 0 saturated carbocycles. The molecule has 1 unspecified atom stereocenters. The van der Waals surface area contributed by atoms with Crippen molar-refractivity contribution < 1.29 is 17.9 Å². The van der Waals surface area contributed by atoms with Gasteiger partial charge in [0.2, 0.25) is 10.0 Å². The van der Waals surface area contributed by atoms with Crippen LogP contribution in [0, 0.1) is 5.92 Å². The van der Waals surface area contributed by atoms with Crippen LogP contribution in [0.4, 0.5) is 0 Å². The van der Waals surface area contributed by atoms with Crippen LogP contribution in [0.25, 0.3) is 0 Å². The van der Waals surface area contributed by atoms with Gasteiger partial charge in [0.25, 0.3) is 0 Å². The SMILES string of the molecule is COC(=O)C(Cc1ccccc1)CS(=O)(=O)N1CCN(Cc2ccccc2)CC1. The molecule has 29 heavy (non-hydrogen) atoms. The molecule has 156 valence electrons. The minimum atomic E-state index is -3.55. The van der Waals surface area contributed by atoms with Gasteiger partial charge in [-0.1, -0.05) is 60.7 Å². The molecule has 3 rings (SSSR count). The van der Waals surface area contributed by atoms with Crippen molar-refractivity contribution in [1.82, 2.24) is 9.21 Å². The Morgan fingerprint density at radius 1 is 0.931 bits per heavy atom. The molecule has 1 aliphatic heterocycles. The summed E-state index contributed by atoms with van der Waals surface area (Å²) in [6, 6.07) is 19.6. The first-order chi connectivity index (χ1) is 14.0. The summed E-state index contributed by atoms with van der Waals surface area (Å²) >= 11 is 0. The number of ether oxygens (including phenoxy) is 1. The van der Waals surface area contributed by atoms with Crippen molar-refractivity contribution in [2.24, 2.45) is 5.92 Å². The standard InChI is InChI=1S/C22H28N2O4S/c1-28-22(25)21(16-19-8-4-2-5-9-19)18-29(26,27)24-14-12-23(13-15-24)17-20-10-6-3-7-11-20/h2-11,21H,12-18H2,1H3. The number of carbonyl (C=O) groups excluding carboxylic acids is 1. The number of sulfonamides is 1. The maximum absolute atomic E-state index is 13.0. The quantitative estimate of drug-likeness (QED) is 0.617. The first kappa shape index (κ1) is 21.5. The molecule has 0 aliphatic carbocycles. The average molecular weight is 417 g/mol. The zero-order valence-corrected chi connectivity index (χ0v) is 17.6. The predicted octanol–water partition coefficient (Wildman–Crippen LogP) is 2.17. The van der Waals surface area contributed by atoms with Crippen LogP contribution >= 0.6 is 0 Å². The van der Waals surface area contributed by atoms with E-state index in [-0.39, 0.29) is 5.75 Å².